The first-order valence-electron chi connectivity index (χ1n) is 12.0. The molecule has 0 spiro atoms. The van der Waals surface area contributed by atoms with Gasteiger partial charge < -0.3 is 0 Å². The van der Waals surface area contributed by atoms with E-state index in [-0.39, 0.29) is 0 Å². The molecule has 0 N–H and O–H groups in total. The summed E-state index contributed by atoms with van der Waals surface area (Å²) in [4.78, 5) is 0. The number of rotatable bonds is 2. The molecule has 3 aromatic carbocycles. The fraction of sp³-hybridized carbons (Fsp3) is 0.118. The molecule has 1 atom stereocenters. The van der Waals surface area contributed by atoms with Gasteiger partial charge in [-0.25, -0.2) is 0 Å². The predicted molar refractivity (Wildman–Crippen MR) is 142 cm³/mol. The van der Waals surface area contributed by atoms with Crippen LogP contribution in [0.5, 0.6) is 0 Å². The van der Waals surface area contributed by atoms with Crippen molar-refractivity contribution in [3.63, 3.8) is 0 Å². The maximum absolute atomic E-state index is 3.34. The standard InChI is InChI=1S/C34H24/c1-21-19-25-12-8-11-24-15-16-30-29(18-17-26(21)34(30)33(24)25)31-20-32(23-9-4-3-5-10-23)28-14-7-6-13-27(28)22(31)2/h3-4,6-9,11,13-20,34H,12H2,1-2H3. The second-order valence-corrected chi connectivity index (χ2v) is 9.60. The molecule has 0 nitrogen and oxygen atoms in total. The van der Waals surface area contributed by atoms with E-state index >= 15 is 0 Å². The van der Waals surface area contributed by atoms with Crippen LogP contribution in [0.1, 0.15) is 24.5 Å². The van der Waals surface area contributed by atoms with Crippen LogP contribution < -0.4 is 0 Å². The lowest BCUT2D eigenvalue weighted by Gasteiger charge is -2.38. The van der Waals surface area contributed by atoms with Crippen molar-refractivity contribution in [2.75, 3.05) is 0 Å². The van der Waals surface area contributed by atoms with E-state index in [2.05, 4.69) is 105 Å². The minimum absolute atomic E-state index is 0.330. The smallest absolute Gasteiger partial charge is 0.0357 e. The number of allylic oxidation sites excluding steroid dienone is 14. The van der Waals surface area contributed by atoms with E-state index in [0.29, 0.717) is 5.92 Å². The molecule has 1 unspecified atom stereocenters. The molecule has 0 amide bonds. The van der Waals surface area contributed by atoms with E-state index in [0.717, 1.165) is 12.0 Å². The quantitative estimate of drug-likeness (QED) is 0.381. The van der Waals surface area contributed by atoms with Crippen molar-refractivity contribution in [2.24, 2.45) is 5.92 Å². The first-order valence-corrected chi connectivity index (χ1v) is 12.0. The monoisotopic (exact) mass is 432 g/mol. The van der Waals surface area contributed by atoms with Gasteiger partial charge in [-0.15, -0.1) is 0 Å². The third-order valence-electron chi connectivity index (χ3n) is 7.78. The summed E-state index contributed by atoms with van der Waals surface area (Å²) in [5.74, 6) is 0.330. The Kier molecular flexibility index (Phi) is 4.11. The normalized spacial score (nSPS) is 20.1. The average molecular weight is 433 g/mol. The summed E-state index contributed by atoms with van der Waals surface area (Å²) in [5.41, 5.74) is 14.9. The van der Waals surface area contributed by atoms with E-state index < -0.39 is 0 Å². The summed E-state index contributed by atoms with van der Waals surface area (Å²) in [6.45, 7) is 4.54. The highest BCUT2D eigenvalue weighted by Gasteiger charge is 2.35. The van der Waals surface area contributed by atoms with Gasteiger partial charge in [0.05, 0.1) is 0 Å². The Labute approximate surface area is 201 Å². The molecule has 7 rings (SSSR count). The minimum atomic E-state index is 0.330. The Hall–Kier alpha value is -4.08. The zero-order chi connectivity index (χ0) is 22.8. The predicted octanol–water partition coefficient (Wildman–Crippen LogP) is 8.44. The van der Waals surface area contributed by atoms with Gasteiger partial charge in [0, 0.05) is 11.5 Å². The minimum Gasteiger partial charge on any atom is -0.0795 e. The van der Waals surface area contributed by atoms with Crippen molar-refractivity contribution in [1.82, 2.24) is 0 Å². The zero-order valence-corrected chi connectivity index (χ0v) is 19.4. The Bertz CT molecular complexity index is 1610. The summed E-state index contributed by atoms with van der Waals surface area (Å²) < 4.78 is 0. The fourth-order valence-electron chi connectivity index (χ4n) is 6.18. The highest BCUT2D eigenvalue weighted by atomic mass is 14.4. The first kappa shape index (κ1) is 19.4. The van der Waals surface area contributed by atoms with Crippen LogP contribution in [0, 0.1) is 25.0 Å². The van der Waals surface area contributed by atoms with Crippen LogP contribution in [-0.4, -0.2) is 0 Å². The molecular formula is C34H24. The lowest BCUT2D eigenvalue weighted by molar-refractivity contribution is 0.822. The van der Waals surface area contributed by atoms with Gasteiger partial charge >= 0.3 is 0 Å². The highest BCUT2D eigenvalue weighted by Crippen LogP contribution is 2.51. The van der Waals surface area contributed by atoms with Crippen molar-refractivity contribution in [3.05, 3.63) is 148 Å². The van der Waals surface area contributed by atoms with Crippen LogP contribution >= 0.6 is 0 Å². The van der Waals surface area contributed by atoms with Crippen molar-refractivity contribution in [1.29, 1.82) is 0 Å². The van der Waals surface area contributed by atoms with E-state index in [1.54, 1.807) is 0 Å². The van der Waals surface area contributed by atoms with Gasteiger partial charge in [-0.05, 0) is 105 Å². The van der Waals surface area contributed by atoms with Gasteiger partial charge in [-0.3, -0.25) is 0 Å². The number of fused-ring (bicyclic) bond motifs is 1. The van der Waals surface area contributed by atoms with Gasteiger partial charge in [0.15, 0.2) is 0 Å². The van der Waals surface area contributed by atoms with Crippen molar-refractivity contribution < 1.29 is 0 Å². The van der Waals surface area contributed by atoms with Gasteiger partial charge in [0.25, 0.3) is 0 Å². The molecule has 34 heavy (non-hydrogen) atoms. The molecule has 0 heterocycles. The molecule has 0 fully saturated rings. The molecule has 0 radical (unpaired) electrons. The Morgan fingerprint density at radius 1 is 0.824 bits per heavy atom. The molecule has 0 bridgehead atoms. The maximum Gasteiger partial charge on any atom is 0.0357 e. The molecule has 0 heteroatoms. The second kappa shape index (κ2) is 7.21. The lowest BCUT2D eigenvalue weighted by atomic mass is 9.65. The van der Waals surface area contributed by atoms with Crippen molar-refractivity contribution in [2.45, 2.75) is 20.3 Å². The zero-order valence-electron chi connectivity index (χ0n) is 19.4. The number of benzene rings is 2. The molecule has 0 aromatic heterocycles. The van der Waals surface area contributed by atoms with E-state index in [1.165, 1.54) is 66.5 Å². The van der Waals surface area contributed by atoms with Crippen LogP contribution in [0.4, 0.5) is 0 Å². The first-order chi connectivity index (χ1) is 16.7. The molecular weight excluding hydrogens is 408 g/mol. The third kappa shape index (κ3) is 2.68. The Morgan fingerprint density at radius 2 is 1.68 bits per heavy atom. The van der Waals surface area contributed by atoms with Crippen molar-refractivity contribution >= 4 is 16.3 Å². The van der Waals surface area contributed by atoms with E-state index in [4.69, 9.17) is 0 Å². The molecule has 160 valence electrons. The highest BCUT2D eigenvalue weighted by molar-refractivity contribution is 6.03. The number of aryl methyl sites for hydroxylation is 1. The Balaban J connectivity index is 1.52. The van der Waals surface area contributed by atoms with Crippen LogP contribution in [-0.2, 0) is 0 Å². The SMILES string of the molecule is CC1=C2C=CC(c3cc(-c4c#cccc4)c4ccccc4c3C)=C3C=CC4=C(C(=C1)CC=C4)C23. The molecule has 0 saturated heterocycles. The molecule has 4 aliphatic rings. The van der Waals surface area contributed by atoms with Crippen LogP contribution in [0.15, 0.2) is 125 Å². The van der Waals surface area contributed by atoms with Crippen molar-refractivity contribution in [3.8, 4) is 11.1 Å². The Morgan fingerprint density at radius 3 is 2.53 bits per heavy atom. The second-order valence-electron chi connectivity index (χ2n) is 9.60. The topological polar surface area (TPSA) is 0 Å². The van der Waals surface area contributed by atoms with Gasteiger partial charge in [0.2, 0.25) is 0 Å². The van der Waals surface area contributed by atoms with E-state index in [1.807, 2.05) is 12.1 Å². The molecule has 3 aromatic rings. The van der Waals surface area contributed by atoms with Gasteiger partial charge in [-0.2, -0.15) is 0 Å². The summed E-state index contributed by atoms with van der Waals surface area (Å²) in [6, 6.07) is 23.7. The summed E-state index contributed by atoms with van der Waals surface area (Å²) in [7, 11) is 0. The van der Waals surface area contributed by atoms with Gasteiger partial charge in [-0.1, -0.05) is 85.0 Å². The summed E-state index contributed by atoms with van der Waals surface area (Å²) in [6.07, 6.45) is 17.4. The van der Waals surface area contributed by atoms with E-state index in [9.17, 15) is 0 Å². The van der Waals surface area contributed by atoms with Crippen LogP contribution in [0.25, 0.3) is 27.5 Å². The number of hydrogen-bond donors (Lipinski definition) is 0. The molecule has 0 saturated carbocycles. The molecule has 4 aliphatic carbocycles. The van der Waals surface area contributed by atoms with Gasteiger partial charge in [0.1, 0.15) is 0 Å². The van der Waals surface area contributed by atoms with Crippen LogP contribution in [0.3, 0.4) is 0 Å². The fourth-order valence-corrected chi connectivity index (χ4v) is 6.18. The largest absolute Gasteiger partial charge is 0.0795 e. The average Bonchev–Trinajstić information content (AvgIpc) is 2.89. The maximum atomic E-state index is 3.34. The van der Waals surface area contributed by atoms with Crippen LogP contribution in [0.2, 0.25) is 0 Å². The molecule has 0 aliphatic heterocycles. The lowest BCUT2D eigenvalue weighted by Crippen LogP contribution is -2.23. The summed E-state index contributed by atoms with van der Waals surface area (Å²) in [5, 5.41) is 2.57. The third-order valence-corrected chi connectivity index (χ3v) is 7.78. The summed E-state index contributed by atoms with van der Waals surface area (Å²) >= 11 is 0. The number of hydrogen-bond acceptors (Lipinski definition) is 0.